The van der Waals surface area contributed by atoms with E-state index >= 15 is 0 Å². The van der Waals surface area contributed by atoms with Gasteiger partial charge in [-0.1, -0.05) is 19.3 Å². The number of rotatable bonds is 6. The van der Waals surface area contributed by atoms with Gasteiger partial charge in [0.1, 0.15) is 5.75 Å². The van der Waals surface area contributed by atoms with Gasteiger partial charge in [0.05, 0.1) is 25.6 Å². The summed E-state index contributed by atoms with van der Waals surface area (Å²) in [5.41, 5.74) is 1.89. The van der Waals surface area contributed by atoms with Gasteiger partial charge in [0.25, 0.3) is 0 Å². The number of aliphatic hydroxyl groups is 1. The number of hydrogen-bond donors (Lipinski definition) is 1. The Hall–Kier alpha value is -1.09. The van der Waals surface area contributed by atoms with Gasteiger partial charge in [0.15, 0.2) is 0 Å². The van der Waals surface area contributed by atoms with Crippen LogP contribution in [0.5, 0.6) is 5.75 Å². The van der Waals surface area contributed by atoms with Crippen LogP contribution in [0.4, 0.5) is 0 Å². The lowest BCUT2D eigenvalue weighted by atomic mass is 10.1. The standard InChI is InChI=1S/C13H19NO2/c1-16-13-8-14-12(9-15)7-11(13)4-2-3-10-5-6-10/h7-8,10,15H,2-6,9H2,1H3. The molecule has 0 radical (unpaired) electrons. The van der Waals surface area contributed by atoms with E-state index in [9.17, 15) is 0 Å². The summed E-state index contributed by atoms with van der Waals surface area (Å²) in [6.07, 6.45) is 8.08. The summed E-state index contributed by atoms with van der Waals surface area (Å²) in [6, 6.07) is 1.95. The van der Waals surface area contributed by atoms with E-state index in [1.807, 2.05) is 6.07 Å². The molecule has 1 aromatic rings. The zero-order valence-corrected chi connectivity index (χ0v) is 9.78. The van der Waals surface area contributed by atoms with E-state index in [-0.39, 0.29) is 6.61 Å². The topological polar surface area (TPSA) is 42.4 Å². The van der Waals surface area contributed by atoms with Crippen molar-refractivity contribution in [2.45, 2.75) is 38.7 Å². The van der Waals surface area contributed by atoms with E-state index in [1.165, 1.54) is 31.2 Å². The number of aliphatic hydroxyl groups excluding tert-OH is 1. The minimum absolute atomic E-state index is 0.000378. The molecule has 2 rings (SSSR count). The lowest BCUT2D eigenvalue weighted by Gasteiger charge is -2.09. The molecule has 0 spiro atoms. The highest BCUT2D eigenvalue weighted by Gasteiger charge is 2.20. The number of methoxy groups -OCH3 is 1. The number of nitrogens with zero attached hydrogens (tertiary/aromatic N) is 1. The minimum atomic E-state index is -0.000378. The molecule has 16 heavy (non-hydrogen) atoms. The molecule has 1 fully saturated rings. The maximum atomic E-state index is 9.05. The van der Waals surface area contributed by atoms with Gasteiger partial charge in [-0.3, -0.25) is 4.98 Å². The summed E-state index contributed by atoms with van der Waals surface area (Å²) in [5, 5.41) is 9.05. The molecule has 0 saturated heterocycles. The summed E-state index contributed by atoms with van der Waals surface area (Å²) < 4.78 is 5.27. The molecule has 3 nitrogen and oxygen atoms in total. The van der Waals surface area contributed by atoms with Gasteiger partial charge in [-0.15, -0.1) is 0 Å². The van der Waals surface area contributed by atoms with Crippen molar-refractivity contribution in [1.82, 2.24) is 4.98 Å². The van der Waals surface area contributed by atoms with Crippen LogP contribution in [0.15, 0.2) is 12.3 Å². The average molecular weight is 221 g/mol. The number of ether oxygens (including phenoxy) is 1. The van der Waals surface area contributed by atoms with Gasteiger partial charge in [-0.2, -0.15) is 0 Å². The molecule has 1 aliphatic rings. The molecular formula is C13H19NO2. The summed E-state index contributed by atoms with van der Waals surface area (Å²) in [7, 11) is 1.67. The molecule has 1 aliphatic carbocycles. The second kappa shape index (κ2) is 5.30. The summed E-state index contributed by atoms with van der Waals surface area (Å²) in [4.78, 5) is 4.11. The highest BCUT2D eigenvalue weighted by atomic mass is 16.5. The summed E-state index contributed by atoms with van der Waals surface area (Å²) in [5.74, 6) is 1.82. The fourth-order valence-corrected chi connectivity index (χ4v) is 1.99. The van der Waals surface area contributed by atoms with Crippen molar-refractivity contribution in [2.75, 3.05) is 7.11 Å². The predicted molar refractivity (Wildman–Crippen MR) is 62.4 cm³/mol. The molecule has 0 atom stereocenters. The SMILES string of the molecule is COc1cnc(CO)cc1CCCC1CC1. The molecule has 0 bridgehead atoms. The van der Waals surface area contributed by atoms with Crippen LogP contribution in [0.3, 0.4) is 0 Å². The number of aromatic nitrogens is 1. The van der Waals surface area contributed by atoms with Crippen molar-refractivity contribution in [3.05, 3.63) is 23.5 Å². The first kappa shape index (κ1) is 11.4. The van der Waals surface area contributed by atoms with E-state index < -0.39 is 0 Å². The highest BCUT2D eigenvalue weighted by molar-refractivity contribution is 5.32. The van der Waals surface area contributed by atoms with Crippen LogP contribution < -0.4 is 4.74 Å². The Kier molecular flexibility index (Phi) is 3.78. The van der Waals surface area contributed by atoms with Crippen molar-refractivity contribution < 1.29 is 9.84 Å². The second-order valence-electron chi connectivity index (χ2n) is 4.48. The Balaban J connectivity index is 1.97. The Labute approximate surface area is 96.5 Å². The Morgan fingerprint density at radius 1 is 1.50 bits per heavy atom. The fourth-order valence-electron chi connectivity index (χ4n) is 1.99. The lowest BCUT2D eigenvalue weighted by molar-refractivity contribution is 0.276. The summed E-state index contributed by atoms with van der Waals surface area (Å²) >= 11 is 0. The van der Waals surface area contributed by atoms with Crippen LogP contribution in [-0.2, 0) is 13.0 Å². The Bertz CT molecular complexity index is 348. The van der Waals surface area contributed by atoms with Crippen molar-refractivity contribution in [3.8, 4) is 5.75 Å². The fraction of sp³-hybridized carbons (Fsp3) is 0.615. The molecular weight excluding hydrogens is 202 g/mol. The van der Waals surface area contributed by atoms with Crippen LogP contribution in [0.25, 0.3) is 0 Å². The van der Waals surface area contributed by atoms with Crippen LogP contribution in [0.2, 0.25) is 0 Å². The van der Waals surface area contributed by atoms with Gasteiger partial charge in [0, 0.05) is 0 Å². The van der Waals surface area contributed by atoms with Gasteiger partial charge < -0.3 is 9.84 Å². The van der Waals surface area contributed by atoms with Crippen molar-refractivity contribution in [3.63, 3.8) is 0 Å². The molecule has 0 amide bonds. The molecule has 0 aliphatic heterocycles. The van der Waals surface area contributed by atoms with Crippen molar-refractivity contribution >= 4 is 0 Å². The average Bonchev–Trinajstić information content (AvgIpc) is 3.13. The predicted octanol–water partition coefficient (Wildman–Crippen LogP) is 2.32. The first-order chi connectivity index (χ1) is 7.83. The quantitative estimate of drug-likeness (QED) is 0.801. The van der Waals surface area contributed by atoms with Gasteiger partial charge in [0.2, 0.25) is 0 Å². The van der Waals surface area contributed by atoms with Gasteiger partial charge in [-0.05, 0) is 30.4 Å². The monoisotopic (exact) mass is 221 g/mol. The molecule has 1 heterocycles. The zero-order chi connectivity index (χ0) is 11.4. The second-order valence-corrected chi connectivity index (χ2v) is 4.48. The van der Waals surface area contributed by atoms with E-state index in [0.29, 0.717) is 0 Å². The Morgan fingerprint density at radius 3 is 2.94 bits per heavy atom. The summed E-state index contributed by atoms with van der Waals surface area (Å²) in [6.45, 7) is -0.000378. The molecule has 0 aromatic carbocycles. The third-order valence-corrected chi connectivity index (χ3v) is 3.14. The molecule has 1 N–H and O–H groups in total. The first-order valence-electron chi connectivity index (χ1n) is 5.96. The maximum Gasteiger partial charge on any atom is 0.140 e. The molecule has 88 valence electrons. The van der Waals surface area contributed by atoms with Crippen LogP contribution in [-0.4, -0.2) is 17.2 Å². The third-order valence-electron chi connectivity index (χ3n) is 3.14. The van der Waals surface area contributed by atoms with Crippen LogP contribution in [0, 0.1) is 5.92 Å². The van der Waals surface area contributed by atoms with Crippen LogP contribution in [0.1, 0.15) is 36.9 Å². The van der Waals surface area contributed by atoms with Crippen molar-refractivity contribution in [2.24, 2.45) is 5.92 Å². The van der Waals surface area contributed by atoms with E-state index in [0.717, 1.165) is 23.8 Å². The maximum absolute atomic E-state index is 9.05. The lowest BCUT2D eigenvalue weighted by Crippen LogP contribution is -1.98. The highest BCUT2D eigenvalue weighted by Crippen LogP contribution is 2.34. The van der Waals surface area contributed by atoms with Gasteiger partial charge in [-0.25, -0.2) is 0 Å². The number of hydrogen-bond acceptors (Lipinski definition) is 3. The normalized spacial score (nSPS) is 15.1. The molecule has 0 unspecified atom stereocenters. The first-order valence-corrected chi connectivity index (χ1v) is 5.96. The smallest absolute Gasteiger partial charge is 0.140 e. The third kappa shape index (κ3) is 2.95. The molecule has 3 heteroatoms. The molecule has 1 aromatic heterocycles. The largest absolute Gasteiger partial charge is 0.495 e. The van der Waals surface area contributed by atoms with Gasteiger partial charge >= 0.3 is 0 Å². The Morgan fingerprint density at radius 2 is 2.31 bits per heavy atom. The minimum Gasteiger partial charge on any atom is -0.495 e. The van der Waals surface area contributed by atoms with Crippen LogP contribution >= 0.6 is 0 Å². The van der Waals surface area contributed by atoms with E-state index in [4.69, 9.17) is 9.84 Å². The van der Waals surface area contributed by atoms with Crippen molar-refractivity contribution in [1.29, 1.82) is 0 Å². The zero-order valence-electron chi connectivity index (χ0n) is 9.78. The number of aryl methyl sites for hydroxylation is 1. The number of pyridine rings is 1. The van der Waals surface area contributed by atoms with E-state index in [2.05, 4.69) is 4.98 Å². The molecule has 1 saturated carbocycles. The van der Waals surface area contributed by atoms with E-state index in [1.54, 1.807) is 13.3 Å².